The summed E-state index contributed by atoms with van der Waals surface area (Å²) < 4.78 is 22.0. The van der Waals surface area contributed by atoms with E-state index in [1.807, 2.05) is 41.3 Å². The second kappa shape index (κ2) is 13.0. The van der Waals surface area contributed by atoms with E-state index < -0.39 is 0 Å². The van der Waals surface area contributed by atoms with Crippen molar-refractivity contribution in [1.29, 1.82) is 0 Å². The van der Waals surface area contributed by atoms with E-state index in [1.54, 1.807) is 34.8 Å². The number of anilines is 1. The molecule has 9 nitrogen and oxygen atoms in total. The molecule has 0 spiro atoms. The van der Waals surface area contributed by atoms with E-state index in [9.17, 15) is 4.79 Å². The number of amides is 1. The van der Waals surface area contributed by atoms with Gasteiger partial charge in [0.05, 0.1) is 52.2 Å². The molecule has 1 amide bonds. The first-order valence-electron chi connectivity index (χ1n) is 13.9. The fraction of sp³-hybridized carbons (Fsp3) is 0.375. The van der Waals surface area contributed by atoms with Gasteiger partial charge in [-0.05, 0) is 78.9 Å². The minimum absolute atomic E-state index is 0.0264. The molecule has 41 heavy (non-hydrogen) atoms. The minimum atomic E-state index is 0.0264. The molecule has 1 aromatic heterocycles. The molecule has 2 heterocycles. The number of nitrogens with zero attached hydrogens (tertiary/aromatic N) is 3. The Labute approximate surface area is 241 Å². The number of rotatable bonds is 11. The van der Waals surface area contributed by atoms with Crippen molar-refractivity contribution < 1.29 is 23.7 Å². The molecule has 4 aromatic rings. The predicted molar refractivity (Wildman–Crippen MR) is 160 cm³/mol. The Morgan fingerprint density at radius 1 is 0.854 bits per heavy atom. The second-order valence-electron chi connectivity index (χ2n) is 10.2. The molecule has 0 radical (unpaired) electrons. The quantitative estimate of drug-likeness (QED) is 0.286. The summed E-state index contributed by atoms with van der Waals surface area (Å²) in [5.74, 6) is 2.80. The van der Waals surface area contributed by atoms with Crippen LogP contribution in [0.3, 0.4) is 0 Å². The third-order valence-corrected chi connectivity index (χ3v) is 7.78. The molecule has 1 aliphatic rings. The fourth-order valence-electron chi connectivity index (χ4n) is 5.53. The van der Waals surface area contributed by atoms with Gasteiger partial charge in [-0.2, -0.15) is 0 Å². The topological polar surface area (TPSA) is 89.1 Å². The summed E-state index contributed by atoms with van der Waals surface area (Å²) in [6.07, 6.45) is 4.68. The van der Waals surface area contributed by atoms with Crippen molar-refractivity contribution in [2.45, 2.75) is 25.7 Å². The number of aromatic amines is 1. The van der Waals surface area contributed by atoms with Gasteiger partial charge in [0, 0.05) is 31.4 Å². The Hall–Kier alpha value is -4.24. The zero-order valence-corrected chi connectivity index (χ0v) is 24.2. The fourth-order valence-corrected chi connectivity index (χ4v) is 5.53. The lowest BCUT2D eigenvalue weighted by molar-refractivity contribution is -0.118. The number of hydrogen-bond donors (Lipinski definition) is 1. The Morgan fingerprint density at radius 2 is 1.51 bits per heavy atom. The Kier molecular flexibility index (Phi) is 8.94. The molecule has 5 rings (SSSR count). The molecule has 1 N–H and O–H groups in total. The minimum Gasteiger partial charge on any atom is -0.493 e. The Bertz CT molecular complexity index is 1470. The van der Waals surface area contributed by atoms with Crippen LogP contribution in [-0.2, 0) is 24.1 Å². The van der Waals surface area contributed by atoms with Crippen molar-refractivity contribution >= 4 is 22.6 Å². The maximum absolute atomic E-state index is 13.7. The van der Waals surface area contributed by atoms with Gasteiger partial charge in [0.2, 0.25) is 5.91 Å². The van der Waals surface area contributed by atoms with Crippen molar-refractivity contribution in [3.8, 4) is 23.0 Å². The number of carbonyl (C=O) groups excluding carboxylic acids is 1. The van der Waals surface area contributed by atoms with Crippen molar-refractivity contribution in [3.05, 3.63) is 71.5 Å². The highest BCUT2D eigenvalue weighted by atomic mass is 16.5. The molecule has 0 atom stereocenters. The Morgan fingerprint density at radius 3 is 2.17 bits per heavy atom. The molecular formula is C32H38N4O5. The highest BCUT2D eigenvalue weighted by molar-refractivity contribution is 5.95. The van der Waals surface area contributed by atoms with Crippen LogP contribution < -0.4 is 23.8 Å². The molecule has 9 heteroatoms. The summed E-state index contributed by atoms with van der Waals surface area (Å²) in [5, 5.41) is 0. The van der Waals surface area contributed by atoms with Gasteiger partial charge in [-0.15, -0.1) is 0 Å². The van der Waals surface area contributed by atoms with Gasteiger partial charge in [-0.25, -0.2) is 4.98 Å². The van der Waals surface area contributed by atoms with Gasteiger partial charge < -0.3 is 33.7 Å². The molecular weight excluding hydrogens is 520 g/mol. The third-order valence-electron chi connectivity index (χ3n) is 7.78. The van der Waals surface area contributed by atoms with Crippen LogP contribution in [0.5, 0.6) is 23.0 Å². The van der Waals surface area contributed by atoms with Crippen LogP contribution in [0.4, 0.5) is 5.69 Å². The molecule has 216 valence electrons. The van der Waals surface area contributed by atoms with Crippen molar-refractivity contribution in [3.63, 3.8) is 0 Å². The number of nitrogens with one attached hydrogen (secondary N) is 1. The SMILES string of the molecule is COc1ccc(N(CCCN2CCc3cc(OC)c(OC)cc3CC2)C(=O)Cc2ccc3nc[nH]c3c2)cc1OC. The number of aromatic nitrogens is 2. The summed E-state index contributed by atoms with van der Waals surface area (Å²) in [4.78, 5) is 25.5. The average Bonchev–Trinajstić information content (AvgIpc) is 3.38. The van der Waals surface area contributed by atoms with E-state index in [0.717, 1.165) is 72.7 Å². The highest BCUT2D eigenvalue weighted by Crippen LogP contribution is 2.33. The Balaban J connectivity index is 1.28. The normalized spacial score (nSPS) is 13.4. The molecule has 0 saturated heterocycles. The number of carbonyl (C=O) groups is 1. The van der Waals surface area contributed by atoms with Gasteiger partial charge in [-0.1, -0.05) is 6.07 Å². The largest absolute Gasteiger partial charge is 0.493 e. The number of fused-ring (bicyclic) bond motifs is 2. The first-order valence-corrected chi connectivity index (χ1v) is 13.9. The van der Waals surface area contributed by atoms with Crippen LogP contribution in [0.1, 0.15) is 23.1 Å². The van der Waals surface area contributed by atoms with E-state index in [-0.39, 0.29) is 12.3 Å². The molecule has 0 bridgehead atoms. The van der Waals surface area contributed by atoms with Crippen molar-refractivity contribution in [1.82, 2.24) is 14.9 Å². The number of hydrogen-bond acceptors (Lipinski definition) is 7. The summed E-state index contributed by atoms with van der Waals surface area (Å²) in [6, 6.07) is 15.8. The van der Waals surface area contributed by atoms with Crippen LogP contribution in [0, 0.1) is 0 Å². The lowest BCUT2D eigenvalue weighted by atomic mass is 10.0. The summed E-state index contributed by atoms with van der Waals surface area (Å²) in [7, 11) is 6.57. The lowest BCUT2D eigenvalue weighted by Crippen LogP contribution is -2.36. The first kappa shape index (κ1) is 28.3. The molecule has 0 unspecified atom stereocenters. The zero-order chi connectivity index (χ0) is 28.8. The molecule has 1 aliphatic heterocycles. The molecule has 0 fully saturated rings. The van der Waals surface area contributed by atoms with Gasteiger partial charge in [0.1, 0.15) is 0 Å². The smallest absolute Gasteiger partial charge is 0.231 e. The number of methoxy groups -OCH3 is 4. The highest BCUT2D eigenvalue weighted by Gasteiger charge is 2.21. The number of ether oxygens (including phenoxy) is 4. The van der Waals surface area contributed by atoms with Crippen LogP contribution in [0.15, 0.2) is 54.9 Å². The van der Waals surface area contributed by atoms with Crippen LogP contribution in [-0.4, -0.2) is 75.4 Å². The van der Waals surface area contributed by atoms with E-state index in [4.69, 9.17) is 18.9 Å². The zero-order valence-electron chi connectivity index (χ0n) is 24.2. The van der Waals surface area contributed by atoms with Crippen LogP contribution in [0.25, 0.3) is 11.0 Å². The third kappa shape index (κ3) is 6.41. The van der Waals surface area contributed by atoms with Gasteiger partial charge in [0.15, 0.2) is 23.0 Å². The van der Waals surface area contributed by atoms with E-state index in [0.29, 0.717) is 18.0 Å². The van der Waals surface area contributed by atoms with Crippen molar-refractivity contribution in [2.24, 2.45) is 0 Å². The van der Waals surface area contributed by atoms with E-state index >= 15 is 0 Å². The number of imidazole rings is 1. The second-order valence-corrected chi connectivity index (χ2v) is 10.2. The summed E-state index contributed by atoms with van der Waals surface area (Å²) in [5.41, 5.74) is 6.15. The molecule has 3 aromatic carbocycles. The standard InChI is InChI=1S/C32H38N4O5/c1-38-28-9-7-25(20-31(28)41-4)36(32(37)17-22-6-8-26-27(16-22)34-21-33-26)13-5-12-35-14-10-23-18-29(39-2)30(40-3)19-24(23)11-15-35/h6-9,16,18-21H,5,10-15,17H2,1-4H3,(H,33,34). The van der Waals surface area contributed by atoms with Crippen LogP contribution in [0.2, 0.25) is 0 Å². The first-order chi connectivity index (χ1) is 20.0. The van der Waals surface area contributed by atoms with Crippen molar-refractivity contribution in [2.75, 3.05) is 59.5 Å². The van der Waals surface area contributed by atoms with E-state index in [2.05, 4.69) is 27.0 Å². The average molecular weight is 559 g/mol. The summed E-state index contributed by atoms with van der Waals surface area (Å²) in [6.45, 7) is 3.39. The maximum Gasteiger partial charge on any atom is 0.231 e. The van der Waals surface area contributed by atoms with Crippen LogP contribution >= 0.6 is 0 Å². The van der Waals surface area contributed by atoms with E-state index in [1.165, 1.54) is 11.1 Å². The predicted octanol–water partition coefficient (Wildman–Crippen LogP) is 4.66. The van der Waals surface area contributed by atoms with Gasteiger partial charge in [0.25, 0.3) is 0 Å². The summed E-state index contributed by atoms with van der Waals surface area (Å²) >= 11 is 0. The number of H-pyrrole nitrogens is 1. The lowest BCUT2D eigenvalue weighted by Gasteiger charge is -2.26. The van der Waals surface area contributed by atoms with Gasteiger partial charge in [-0.3, -0.25) is 4.79 Å². The molecule has 0 saturated carbocycles. The number of benzene rings is 3. The maximum atomic E-state index is 13.7. The van der Waals surface area contributed by atoms with Gasteiger partial charge >= 0.3 is 0 Å². The monoisotopic (exact) mass is 558 g/mol. The molecule has 0 aliphatic carbocycles.